The van der Waals surface area contributed by atoms with Gasteiger partial charge in [-0.05, 0) is 29.5 Å². The van der Waals surface area contributed by atoms with Crippen molar-refractivity contribution in [3.05, 3.63) is 48.0 Å². The van der Waals surface area contributed by atoms with Crippen molar-refractivity contribution < 1.29 is 18.0 Å². The minimum Gasteiger partial charge on any atom is -0.338 e. The molecule has 1 aromatic rings. The molecule has 3 rings (SSSR count). The lowest BCUT2D eigenvalue weighted by Crippen LogP contribution is -2.34. The number of likely N-dealkylation sites (tertiary alicyclic amines) is 1. The van der Waals surface area contributed by atoms with Crippen molar-refractivity contribution in [2.75, 3.05) is 13.1 Å². The van der Waals surface area contributed by atoms with E-state index in [1.165, 1.54) is 18.2 Å². The number of fused-ring (bicyclic) bond motifs is 1. The minimum absolute atomic E-state index is 0.0520. The van der Waals surface area contributed by atoms with Crippen LogP contribution in [0.3, 0.4) is 0 Å². The Morgan fingerprint density at radius 1 is 1.36 bits per heavy atom. The number of piperidine rings is 1. The molecule has 1 saturated carbocycles. The van der Waals surface area contributed by atoms with Crippen LogP contribution in [0.1, 0.15) is 11.1 Å². The summed E-state index contributed by atoms with van der Waals surface area (Å²) in [5.41, 5.74) is 0.00404. The Labute approximate surface area is 126 Å². The number of carbonyl (C=O) groups is 1. The number of hydrogen-bond donors (Lipinski definition) is 1. The highest BCUT2D eigenvalue weighted by molar-refractivity contribution is 5.87. The molecule has 2 atom stereocenters. The standard InChI is InChI=1S/C16H17F3N2O/c1-2-14(22)21-8-12-13(9-21)15(12)20-7-10-4-3-5-11(6-10)16(17,18)19/h2-6,12-13,15,20H,1,7-9H2/t12-,13-/m0/s1. The number of amides is 1. The maximum absolute atomic E-state index is 12.7. The smallest absolute Gasteiger partial charge is 0.338 e. The lowest BCUT2D eigenvalue weighted by molar-refractivity contribution is -0.137. The average Bonchev–Trinajstić information content (AvgIpc) is 2.93. The largest absolute Gasteiger partial charge is 0.416 e. The summed E-state index contributed by atoms with van der Waals surface area (Å²) in [5.74, 6) is 0.772. The first-order valence-electron chi connectivity index (χ1n) is 7.21. The molecule has 1 heterocycles. The van der Waals surface area contributed by atoms with Gasteiger partial charge >= 0.3 is 6.18 Å². The Bertz CT molecular complexity index is 587. The SMILES string of the molecule is C=CC(=O)N1C[C@@H]2C(NCc3cccc(C(F)(F)F)c3)[C@H]2C1. The van der Waals surface area contributed by atoms with Crippen LogP contribution in [-0.2, 0) is 17.5 Å². The fourth-order valence-electron chi connectivity index (χ4n) is 3.23. The van der Waals surface area contributed by atoms with Crippen LogP contribution >= 0.6 is 0 Å². The van der Waals surface area contributed by atoms with Gasteiger partial charge in [0.05, 0.1) is 5.56 Å². The summed E-state index contributed by atoms with van der Waals surface area (Å²) in [6, 6.07) is 5.67. The number of carbonyl (C=O) groups excluding carboxylic acids is 1. The molecule has 1 amide bonds. The predicted molar refractivity (Wildman–Crippen MR) is 75.8 cm³/mol. The van der Waals surface area contributed by atoms with Crippen LogP contribution < -0.4 is 5.32 Å². The molecule has 0 radical (unpaired) electrons. The van der Waals surface area contributed by atoms with Gasteiger partial charge in [-0.25, -0.2) is 0 Å². The zero-order valence-corrected chi connectivity index (χ0v) is 11.9. The molecule has 0 unspecified atom stereocenters. The van der Waals surface area contributed by atoms with E-state index in [0.29, 0.717) is 43.1 Å². The summed E-state index contributed by atoms with van der Waals surface area (Å²) < 4.78 is 38.0. The number of alkyl halides is 3. The minimum atomic E-state index is -4.31. The molecule has 0 spiro atoms. The molecule has 1 N–H and O–H groups in total. The molecule has 1 saturated heterocycles. The fourth-order valence-corrected chi connectivity index (χ4v) is 3.23. The topological polar surface area (TPSA) is 32.3 Å². The van der Waals surface area contributed by atoms with E-state index in [0.717, 1.165) is 6.07 Å². The highest BCUT2D eigenvalue weighted by Crippen LogP contribution is 2.45. The van der Waals surface area contributed by atoms with Gasteiger partial charge in [0.25, 0.3) is 0 Å². The van der Waals surface area contributed by atoms with Gasteiger partial charge in [0.2, 0.25) is 5.91 Å². The summed E-state index contributed by atoms with van der Waals surface area (Å²) in [4.78, 5) is 13.2. The van der Waals surface area contributed by atoms with Crippen LogP contribution in [0.4, 0.5) is 13.2 Å². The second-order valence-electron chi connectivity index (χ2n) is 5.88. The Morgan fingerprint density at radius 2 is 2.05 bits per heavy atom. The normalized spacial score (nSPS) is 26.7. The molecule has 3 nitrogen and oxygen atoms in total. The maximum atomic E-state index is 12.7. The van der Waals surface area contributed by atoms with Crippen LogP contribution in [0.2, 0.25) is 0 Å². The highest BCUT2D eigenvalue weighted by atomic mass is 19.4. The number of nitrogens with one attached hydrogen (secondary N) is 1. The van der Waals surface area contributed by atoms with E-state index < -0.39 is 11.7 Å². The van der Waals surface area contributed by atoms with Crippen LogP contribution in [0.15, 0.2) is 36.9 Å². The maximum Gasteiger partial charge on any atom is 0.416 e. The molecule has 0 bridgehead atoms. The zero-order chi connectivity index (χ0) is 15.9. The molecule has 0 aromatic heterocycles. The van der Waals surface area contributed by atoms with E-state index in [9.17, 15) is 18.0 Å². The Kier molecular flexibility index (Phi) is 3.72. The van der Waals surface area contributed by atoms with Gasteiger partial charge in [0.15, 0.2) is 0 Å². The zero-order valence-electron chi connectivity index (χ0n) is 11.9. The molecule has 2 fully saturated rings. The molecule has 1 aliphatic heterocycles. The average molecular weight is 310 g/mol. The lowest BCUT2D eigenvalue weighted by atomic mass is 10.1. The molecule has 22 heavy (non-hydrogen) atoms. The van der Waals surface area contributed by atoms with Crippen LogP contribution in [0.5, 0.6) is 0 Å². The second-order valence-corrected chi connectivity index (χ2v) is 5.88. The van der Waals surface area contributed by atoms with Crippen molar-refractivity contribution in [2.24, 2.45) is 11.8 Å². The van der Waals surface area contributed by atoms with E-state index >= 15 is 0 Å². The van der Waals surface area contributed by atoms with Crippen molar-refractivity contribution in [1.29, 1.82) is 0 Å². The van der Waals surface area contributed by atoms with Crippen molar-refractivity contribution in [2.45, 2.75) is 18.8 Å². The fraction of sp³-hybridized carbons (Fsp3) is 0.438. The predicted octanol–water partition coefficient (Wildman–Crippen LogP) is 2.44. The Balaban J connectivity index is 1.52. The van der Waals surface area contributed by atoms with Gasteiger partial charge in [0.1, 0.15) is 0 Å². The molecule has 1 aliphatic carbocycles. The van der Waals surface area contributed by atoms with Gasteiger partial charge in [-0.3, -0.25) is 4.79 Å². The lowest BCUT2D eigenvalue weighted by Gasteiger charge is -2.18. The van der Waals surface area contributed by atoms with Gasteiger partial charge < -0.3 is 10.2 Å². The first-order valence-corrected chi connectivity index (χ1v) is 7.21. The molecular formula is C16H17F3N2O. The molecule has 6 heteroatoms. The van der Waals surface area contributed by atoms with E-state index in [1.807, 2.05) is 0 Å². The first kappa shape index (κ1) is 15.1. The summed E-state index contributed by atoms with van der Waals surface area (Å²) >= 11 is 0. The van der Waals surface area contributed by atoms with Gasteiger partial charge in [-0.1, -0.05) is 24.8 Å². The van der Waals surface area contributed by atoms with Crippen molar-refractivity contribution in [3.63, 3.8) is 0 Å². The number of rotatable bonds is 4. The van der Waals surface area contributed by atoms with Crippen molar-refractivity contribution in [1.82, 2.24) is 10.2 Å². The number of halogens is 3. The van der Waals surface area contributed by atoms with E-state index in [-0.39, 0.29) is 5.91 Å². The third kappa shape index (κ3) is 2.88. The molecular weight excluding hydrogens is 293 g/mol. The van der Waals surface area contributed by atoms with E-state index in [4.69, 9.17) is 0 Å². The first-order chi connectivity index (χ1) is 10.4. The van der Waals surface area contributed by atoms with E-state index in [1.54, 1.807) is 11.0 Å². The van der Waals surface area contributed by atoms with Crippen LogP contribution in [0, 0.1) is 11.8 Å². The summed E-state index contributed by atoms with van der Waals surface area (Å²) in [6.07, 6.45) is -2.99. The molecule has 2 aliphatic rings. The quantitative estimate of drug-likeness (QED) is 0.866. The van der Waals surface area contributed by atoms with Crippen molar-refractivity contribution >= 4 is 5.91 Å². The number of nitrogens with zero attached hydrogens (tertiary/aromatic N) is 1. The molecule has 1 aromatic carbocycles. The third-order valence-corrected chi connectivity index (χ3v) is 4.48. The second kappa shape index (κ2) is 5.43. The van der Waals surface area contributed by atoms with Gasteiger partial charge in [0, 0.05) is 25.7 Å². The number of benzene rings is 1. The summed E-state index contributed by atoms with van der Waals surface area (Å²) in [7, 11) is 0. The van der Waals surface area contributed by atoms with E-state index in [2.05, 4.69) is 11.9 Å². The highest BCUT2D eigenvalue weighted by Gasteiger charge is 2.56. The molecule has 118 valence electrons. The van der Waals surface area contributed by atoms with Crippen LogP contribution in [0.25, 0.3) is 0 Å². The third-order valence-electron chi connectivity index (χ3n) is 4.48. The van der Waals surface area contributed by atoms with Crippen molar-refractivity contribution in [3.8, 4) is 0 Å². The summed E-state index contributed by atoms with van der Waals surface area (Å²) in [6.45, 7) is 5.29. The van der Waals surface area contributed by atoms with Crippen LogP contribution in [-0.4, -0.2) is 29.9 Å². The van der Waals surface area contributed by atoms with Gasteiger partial charge in [-0.15, -0.1) is 0 Å². The van der Waals surface area contributed by atoms with Gasteiger partial charge in [-0.2, -0.15) is 13.2 Å². The number of hydrogen-bond acceptors (Lipinski definition) is 2. The Morgan fingerprint density at radius 3 is 2.64 bits per heavy atom. The Hall–Kier alpha value is -1.82. The monoisotopic (exact) mass is 310 g/mol. The summed E-state index contributed by atoms with van der Waals surface area (Å²) in [5, 5.41) is 3.30.